The molecule has 0 amide bonds. The molecule has 1 aliphatic heterocycles. The van der Waals surface area contributed by atoms with Gasteiger partial charge in [-0.2, -0.15) is 0 Å². The number of thioether (sulfide) groups is 1. The van der Waals surface area contributed by atoms with Crippen molar-refractivity contribution < 1.29 is 4.74 Å². The van der Waals surface area contributed by atoms with E-state index in [2.05, 4.69) is 40.2 Å². The third kappa shape index (κ3) is 3.45. The summed E-state index contributed by atoms with van der Waals surface area (Å²) in [6.45, 7) is 3.78. The van der Waals surface area contributed by atoms with Crippen LogP contribution in [0.1, 0.15) is 12.8 Å². The van der Waals surface area contributed by atoms with Gasteiger partial charge in [0.15, 0.2) is 0 Å². The molecule has 5 heteroatoms. The molecule has 0 unspecified atom stereocenters. The largest absolute Gasteiger partial charge is 0.373 e. The van der Waals surface area contributed by atoms with Gasteiger partial charge in [-0.3, -0.25) is 0 Å². The lowest BCUT2D eigenvalue weighted by Crippen LogP contribution is -2.47. The van der Waals surface area contributed by atoms with E-state index < -0.39 is 0 Å². The summed E-state index contributed by atoms with van der Waals surface area (Å²) < 4.78 is 5.92. The molecular formula is C15H23N3OS. The number of nitrogens with zero attached hydrogens (tertiary/aromatic N) is 3. The number of hydrogen-bond donors (Lipinski definition) is 0. The second-order valence-corrected chi connectivity index (χ2v) is 6.49. The molecule has 0 bridgehead atoms. The van der Waals surface area contributed by atoms with E-state index >= 15 is 0 Å². The molecule has 3 rings (SSSR count). The van der Waals surface area contributed by atoms with Gasteiger partial charge >= 0.3 is 0 Å². The Bertz CT molecular complexity index is 435. The minimum atomic E-state index is 0.314. The third-order valence-electron chi connectivity index (χ3n) is 4.10. The summed E-state index contributed by atoms with van der Waals surface area (Å²) in [5, 5.41) is 1.08. The molecule has 1 aromatic heterocycles. The van der Waals surface area contributed by atoms with Gasteiger partial charge in [-0.1, -0.05) is 0 Å². The van der Waals surface area contributed by atoms with Gasteiger partial charge in [0.25, 0.3) is 0 Å². The second-order valence-electron chi connectivity index (χ2n) is 5.67. The van der Waals surface area contributed by atoms with Crippen LogP contribution in [0, 0.1) is 0 Å². The number of ether oxygens (including phenoxy) is 1. The molecule has 2 heterocycles. The van der Waals surface area contributed by atoms with E-state index in [-0.39, 0.29) is 0 Å². The van der Waals surface area contributed by atoms with Gasteiger partial charge in [-0.05, 0) is 38.3 Å². The average Bonchev–Trinajstić information content (AvgIpc) is 3.32. The summed E-state index contributed by atoms with van der Waals surface area (Å²) in [7, 11) is 2.22. The third-order valence-corrected chi connectivity index (χ3v) is 4.76. The maximum absolute atomic E-state index is 5.92. The first-order valence-electron chi connectivity index (χ1n) is 7.33. The van der Waals surface area contributed by atoms with E-state index in [1.54, 1.807) is 11.8 Å². The quantitative estimate of drug-likeness (QED) is 0.776. The summed E-state index contributed by atoms with van der Waals surface area (Å²) in [5.74, 6) is 0. The van der Waals surface area contributed by atoms with Crippen LogP contribution < -0.4 is 4.90 Å². The molecule has 1 saturated heterocycles. The second kappa shape index (κ2) is 6.33. The number of rotatable bonds is 5. The normalized spacial score (nSPS) is 23.4. The Morgan fingerprint density at radius 3 is 2.95 bits per heavy atom. The zero-order chi connectivity index (χ0) is 13.9. The molecule has 0 spiro atoms. The molecule has 110 valence electrons. The van der Waals surface area contributed by atoms with Crippen LogP contribution in [0.4, 0.5) is 5.69 Å². The first kappa shape index (κ1) is 14.2. The van der Waals surface area contributed by atoms with Crippen molar-refractivity contribution in [2.45, 2.75) is 30.0 Å². The van der Waals surface area contributed by atoms with Gasteiger partial charge in [0, 0.05) is 25.7 Å². The van der Waals surface area contributed by atoms with Crippen molar-refractivity contribution in [3.63, 3.8) is 0 Å². The van der Waals surface area contributed by atoms with E-state index in [4.69, 9.17) is 4.74 Å². The fourth-order valence-electron chi connectivity index (χ4n) is 2.73. The van der Waals surface area contributed by atoms with Crippen LogP contribution in [0.3, 0.4) is 0 Å². The molecule has 1 aromatic rings. The van der Waals surface area contributed by atoms with Crippen molar-refractivity contribution in [3.05, 3.63) is 18.3 Å². The SMILES string of the molecule is CSc1ccc(N2CCO[C@@H](CN(C)C3CC3)C2)cn1. The molecule has 0 aromatic carbocycles. The number of aromatic nitrogens is 1. The maximum Gasteiger partial charge on any atom is 0.0958 e. The highest BCUT2D eigenvalue weighted by molar-refractivity contribution is 7.98. The lowest BCUT2D eigenvalue weighted by molar-refractivity contribution is 0.0192. The van der Waals surface area contributed by atoms with Gasteiger partial charge in [0.1, 0.15) is 0 Å². The van der Waals surface area contributed by atoms with Crippen LogP contribution in [0.15, 0.2) is 23.4 Å². The van der Waals surface area contributed by atoms with Gasteiger partial charge in [0.05, 0.1) is 29.6 Å². The molecule has 2 aliphatic rings. The highest BCUT2D eigenvalue weighted by Gasteiger charge is 2.29. The van der Waals surface area contributed by atoms with Crippen molar-refractivity contribution >= 4 is 17.4 Å². The van der Waals surface area contributed by atoms with Crippen LogP contribution in [0.5, 0.6) is 0 Å². The topological polar surface area (TPSA) is 28.6 Å². The highest BCUT2D eigenvalue weighted by atomic mass is 32.2. The van der Waals surface area contributed by atoms with Crippen molar-refractivity contribution in [1.82, 2.24) is 9.88 Å². The molecule has 20 heavy (non-hydrogen) atoms. The summed E-state index contributed by atoms with van der Waals surface area (Å²) in [6.07, 6.45) is 7.06. The van der Waals surface area contributed by atoms with Crippen LogP contribution in [0.2, 0.25) is 0 Å². The number of morpholine rings is 1. The van der Waals surface area contributed by atoms with Gasteiger partial charge in [-0.25, -0.2) is 4.98 Å². The molecule has 1 saturated carbocycles. The van der Waals surface area contributed by atoms with Gasteiger partial charge < -0.3 is 14.5 Å². The first-order chi connectivity index (χ1) is 9.76. The number of pyridine rings is 1. The average molecular weight is 293 g/mol. The van der Waals surface area contributed by atoms with Crippen LogP contribution >= 0.6 is 11.8 Å². The van der Waals surface area contributed by atoms with E-state index in [9.17, 15) is 0 Å². The Kier molecular flexibility index (Phi) is 4.48. The van der Waals surface area contributed by atoms with Crippen LogP contribution in [-0.2, 0) is 4.74 Å². The molecular weight excluding hydrogens is 270 g/mol. The van der Waals surface area contributed by atoms with Crippen LogP contribution in [-0.4, -0.2) is 61.6 Å². The maximum atomic E-state index is 5.92. The summed E-state index contributed by atoms with van der Waals surface area (Å²) >= 11 is 1.68. The number of anilines is 1. The van der Waals surface area contributed by atoms with Crippen molar-refractivity contribution in [2.75, 3.05) is 44.4 Å². The fraction of sp³-hybridized carbons (Fsp3) is 0.667. The predicted molar refractivity (Wildman–Crippen MR) is 83.6 cm³/mol. The number of likely N-dealkylation sites (N-methyl/N-ethyl adjacent to an activating group) is 1. The molecule has 0 radical (unpaired) electrons. The number of hydrogen-bond acceptors (Lipinski definition) is 5. The Morgan fingerprint density at radius 2 is 2.30 bits per heavy atom. The summed E-state index contributed by atoms with van der Waals surface area (Å²) in [6, 6.07) is 5.07. The molecule has 2 fully saturated rings. The summed E-state index contributed by atoms with van der Waals surface area (Å²) in [4.78, 5) is 9.31. The van der Waals surface area contributed by atoms with Crippen molar-refractivity contribution in [1.29, 1.82) is 0 Å². The van der Waals surface area contributed by atoms with E-state index in [1.165, 1.54) is 18.5 Å². The van der Waals surface area contributed by atoms with E-state index in [0.29, 0.717) is 6.10 Å². The van der Waals surface area contributed by atoms with Gasteiger partial charge in [0.2, 0.25) is 0 Å². The predicted octanol–water partition coefficient (Wildman–Crippen LogP) is 2.10. The van der Waals surface area contributed by atoms with Crippen molar-refractivity contribution in [3.8, 4) is 0 Å². The minimum Gasteiger partial charge on any atom is -0.373 e. The minimum absolute atomic E-state index is 0.314. The summed E-state index contributed by atoms with van der Waals surface area (Å²) in [5.41, 5.74) is 1.21. The first-order valence-corrected chi connectivity index (χ1v) is 8.55. The molecule has 1 atom stereocenters. The Labute approximate surface area is 125 Å². The molecule has 1 aliphatic carbocycles. The standard InChI is InChI=1S/C15H23N3OS/c1-17(12-3-4-12)10-14-11-18(7-8-19-14)13-5-6-15(20-2)16-9-13/h5-6,9,12,14H,3-4,7-8,10-11H2,1-2H3/t14-/m0/s1. The smallest absolute Gasteiger partial charge is 0.0958 e. The Hall–Kier alpha value is -0.780. The monoisotopic (exact) mass is 293 g/mol. The fourth-order valence-corrected chi connectivity index (χ4v) is 3.09. The van der Waals surface area contributed by atoms with Crippen LogP contribution in [0.25, 0.3) is 0 Å². The zero-order valence-corrected chi connectivity index (χ0v) is 13.1. The molecule has 0 N–H and O–H groups in total. The Balaban J connectivity index is 1.58. The van der Waals surface area contributed by atoms with E-state index in [0.717, 1.165) is 37.3 Å². The molecule has 4 nitrogen and oxygen atoms in total. The van der Waals surface area contributed by atoms with Gasteiger partial charge in [-0.15, -0.1) is 11.8 Å². The zero-order valence-electron chi connectivity index (χ0n) is 12.3. The lowest BCUT2D eigenvalue weighted by atomic mass is 10.2. The highest BCUT2D eigenvalue weighted by Crippen LogP contribution is 2.26. The van der Waals surface area contributed by atoms with Crippen molar-refractivity contribution in [2.24, 2.45) is 0 Å². The van der Waals surface area contributed by atoms with E-state index in [1.807, 2.05) is 6.20 Å². The lowest BCUT2D eigenvalue weighted by Gasteiger charge is -2.36. The Morgan fingerprint density at radius 1 is 1.45 bits per heavy atom.